The molecule has 9 heteroatoms. The Morgan fingerprint density at radius 1 is 1.00 bits per heavy atom. The molecule has 0 bridgehead atoms. The quantitative estimate of drug-likeness (QED) is 0.537. The Balaban J connectivity index is 1.71. The van der Waals surface area contributed by atoms with E-state index in [1.54, 1.807) is 39.2 Å². The average molecular weight is 432 g/mol. The highest BCUT2D eigenvalue weighted by Crippen LogP contribution is 2.30. The fourth-order valence-electron chi connectivity index (χ4n) is 2.69. The van der Waals surface area contributed by atoms with Crippen LogP contribution in [-0.4, -0.2) is 43.7 Å². The summed E-state index contributed by atoms with van der Waals surface area (Å²) in [4.78, 5) is 13.6. The minimum Gasteiger partial charge on any atom is -0.496 e. The Kier molecular flexibility index (Phi) is 6.95. The van der Waals surface area contributed by atoms with Crippen molar-refractivity contribution in [3.8, 4) is 17.2 Å². The molecule has 0 unspecified atom stereocenters. The summed E-state index contributed by atoms with van der Waals surface area (Å²) in [5, 5.41) is 12.3. The number of hydrogen-bond donors (Lipinski definition) is 1. The van der Waals surface area contributed by atoms with Crippen molar-refractivity contribution >= 4 is 34.1 Å². The summed E-state index contributed by atoms with van der Waals surface area (Å²) in [6.45, 7) is 0. The number of nitrogens with zero attached hydrogens (tertiary/aromatic N) is 2. The van der Waals surface area contributed by atoms with E-state index in [0.29, 0.717) is 34.4 Å². The molecule has 3 rings (SSSR count). The summed E-state index contributed by atoms with van der Waals surface area (Å²) in [7, 11) is 4.74. The zero-order chi connectivity index (χ0) is 20.8. The largest absolute Gasteiger partial charge is 0.496 e. The van der Waals surface area contributed by atoms with E-state index in [9.17, 15) is 4.79 Å². The van der Waals surface area contributed by atoms with E-state index in [1.807, 2.05) is 36.6 Å². The van der Waals surface area contributed by atoms with Gasteiger partial charge < -0.3 is 14.2 Å². The van der Waals surface area contributed by atoms with Gasteiger partial charge in [-0.1, -0.05) is 17.4 Å². The van der Waals surface area contributed by atoms with Crippen molar-refractivity contribution < 1.29 is 19.0 Å². The fourth-order valence-corrected chi connectivity index (χ4v) is 3.89. The van der Waals surface area contributed by atoms with E-state index < -0.39 is 0 Å². The Morgan fingerprint density at radius 3 is 2.45 bits per heavy atom. The number of anilines is 1. The maximum Gasteiger partial charge on any atom is 0.261 e. The number of carbonyl (C=O) groups excluding carboxylic acids is 1. The molecule has 1 aromatic heterocycles. The monoisotopic (exact) mass is 431 g/mol. The Bertz CT molecular complexity index is 1010. The summed E-state index contributed by atoms with van der Waals surface area (Å²) < 4.78 is 15.9. The number of ether oxygens (including phenoxy) is 3. The van der Waals surface area contributed by atoms with Crippen LogP contribution in [0.4, 0.5) is 5.13 Å². The molecule has 7 nitrogen and oxygen atoms in total. The molecule has 0 saturated heterocycles. The van der Waals surface area contributed by atoms with Crippen LogP contribution in [0.2, 0.25) is 0 Å². The van der Waals surface area contributed by atoms with Gasteiger partial charge in [0.25, 0.3) is 5.91 Å². The van der Waals surface area contributed by atoms with Crippen LogP contribution in [0.25, 0.3) is 0 Å². The third kappa shape index (κ3) is 4.99. The van der Waals surface area contributed by atoms with Gasteiger partial charge in [0.1, 0.15) is 10.8 Å². The highest BCUT2D eigenvalue weighted by molar-refractivity contribution is 7.98. The molecule has 0 spiro atoms. The molecule has 29 heavy (non-hydrogen) atoms. The fraction of sp³-hybridized carbons (Fsp3) is 0.250. The maximum atomic E-state index is 12.6. The number of rotatable bonds is 8. The normalized spacial score (nSPS) is 10.5. The van der Waals surface area contributed by atoms with Gasteiger partial charge in [-0.15, -0.1) is 22.0 Å². The minimum atomic E-state index is -0.289. The van der Waals surface area contributed by atoms with Gasteiger partial charge in [-0.25, -0.2) is 0 Å². The van der Waals surface area contributed by atoms with Crippen LogP contribution in [0.15, 0.2) is 41.3 Å². The molecule has 1 heterocycles. The second-order valence-corrected chi connectivity index (χ2v) is 7.83. The van der Waals surface area contributed by atoms with Crippen molar-refractivity contribution in [3.63, 3.8) is 0 Å². The molecule has 1 N–H and O–H groups in total. The van der Waals surface area contributed by atoms with Crippen LogP contribution in [0.5, 0.6) is 17.2 Å². The van der Waals surface area contributed by atoms with Crippen molar-refractivity contribution in [1.29, 1.82) is 0 Å². The molecule has 0 radical (unpaired) electrons. The van der Waals surface area contributed by atoms with E-state index in [0.717, 1.165) is 15.5 Å². The number of methoxy groups -OCH3 is 3. The minimum absolute atomic E-state index is 0.289. The van der Waals surface area contributed by atoms with Gasteiger partial charge >= 0.3 is 0 Å². The van der Waals surface area contributed by atoms with E-state index in [4.69, 9.17) is 14.2 Å². The van der Waals surface area contributed by atoms with Gasteiger partial charge in [0, 0.05) is 11.3 Å². The van der Waals surface area contributed by atoms with Crippen LogP contribution < -0.4 is 19.5 Å². The van der Waals surface area contributed by atoms with Crippen molar-refractivity contribution in [3.05, 3.63) is 52.5 Å². The topological polar surface area (TPSA) is 82.6 Å². The molecule has 0 aliphatic rings. The van der Waals surface area contributed by atoms with Crippen LogP contribution in [0, 0.1) is 0 Å². The predicted molar refractivity (Wildman–Crippen MR) is 115 cm³/mol. The van der Waals surface area contributed by atoms with Gasteiger partial charge in [0.05, 0.1) is 26.9 Å². The lowest BCUT2D eigenvalue weighted by Crippen LogP contribution is -2.13. The summed E-state index contributed by atoms with van der Waals surface area (Å²) in [6, 6.07) is 11.1. The summed E-state index contributed by atoms with van der Waals surface area (Å²) >= 11 is 2.91. The molecule has 3 aromatic rings. The summed E-state index contributed by atoms with van der Waals surface area (Å²) in [5.74, 6) is 1.56. The first-order valence-corrected chi connectivity index (χ1v) is 10.7. The van der Waals surface area contributed by atoms with E-state index >= 15 is 0 Å². The zero-order valence-electron chi connectivity index (χ0n) is 16.5. The molecule has 0 aliphatic carbocycles. The predicted octanol–water partition coefficient (Wildman–Crippen LogP) is 4.13. The lowest BCUT2D eigenvalue weighted by atomic mass is 10.1. The third-order valence-corrected chi connectivity index (χ3v) is 5.71. The Hall–Kier alpha value is -2.78. The van der Waals surface area contributed by atoms with Crippen LogP contribution in [0.1, 0.15) is 20.9 Å². The highest BCUT2D eigenvalue weighted by Gasteiger charge is 2.16. The number of thioether (sulfide) groups is 1. The average Bonchev–Trinajstić information content (AvgIpc) is 3.19. The van der Waals surface area contributed by atoms with Gasteiger partial charge in [-0.2, -0.15) is 0 Å². The van der Waals surface area contributed by atoms with E-state index in [-0.39, 0.29) is 5.91 Å². The standard InChI is InChI=1S/C20H21N3O4S2/c1-25-15-8-5-12(9-17(15)27-3)10-18-22-23-20(29-18)21-19(24)14-7-6-13(28-4)11-16(14)26-2/h5-9,11H,10H2,1-4H3,(H,21,23,24). The van der Waals surface area contributed by atoms with E-state index in [1.165, 1.54) is 11.3 Å². The van der Waals surface area contributed by atoms with Crippen molar-refractivity contribution in [2.45, 2.75) is 11.3 Å². The first kappa shape index (κ1) is 20.9. The van der Waals surface area contributed by atoms with Crippen LogP contribution >= 0.6 is 23.1 Å². The van der Waals surface area contributed by atoms with Gasteiger partial charge in [0.15, 0.2) is 11.5 Å². The molecular formula is C20H21N3O4S2. The van der Waals surface area contributed by atoms with Crippen molar-refractivity contribution in [2.24, 2.45) is 0 Å². The van der Waals surface area contributed by atoms with Gasteiger partial charge in [-0.05, 0) is 42.2 Å². The lowest BCUT2D eigenvalue weighted by molar-refractivity contribution is 0.102. The Morgan fingerprint density at radius 2 is 1.76 bits per heavy atom. The molecule has 1 amide bonds. The maximum absolute atomic E-state index is 12.6. The van der Waals surface area contributed by atoms with Crippen molar-refractivity contribution in [1.82, 2.24) is 10.2 Å². The first-order valence-electron chi connectivity index (χ1n) is 8.64. The second-order valence-electron chi connectivity index (χ2n) is 5.89. The molecule has 0 saturated carbocycles. The van der Waals surface area contributed by atoms with Gasteiger partial charge in [0.2, 0.25) is 5.13 Å². The van der Waals surface area contributed by atoms with Crippen molar-refractivity contribution in [2.75, 3.05) is 32.9 Å². The van der Waals surface area contributed by atoms with Crippen LogP contribution in [0.3, 0.4) is 0 Å². The molecule has 0 fully saturated rings. The molecule has 152 valence electrons. The second kappa shape index (κ2) is 9.62. The Labute approximate surface area is 177 Å². The highest BCUT2D eigenvalue weighted by atomic mass is 32.2. The molecular weight excluding hydrogens is 410 g/mol. The van der Waals surface area contributed by atoms with E-state index in [2.05, 4.69) is 15.5 Å². The SMILES string of the molecule is COc1ccc(Cc2nnc(NC(=O)c3ccc(SC)cc3OC)s2)cc1OC. The summed E-state index contributed by atoms with van der Waals surface area (Å²) in [5.41, 5.74) is 1.45. The lowest BCUT2D eigenvalue weighted by Gasteiger charge is -2.09. The molecule has 0 aliphatic heterocycles. The zero-order valence-corrected chi connectivity index (χ0v) is 18.1. The number of carbonyl (C=O) groups is 1. The number of nitrogens with one attached hydrogen (secondary N) is 1. The number of benzene rings is 2. The molecule has 0 atom stereocenters. The smallest absolute Gasteiger partial charge is 0.261 e. The summed E-state index contributed by atoms with van der Waals surface area (Å²) in [6.07, 6.45) is 2.54. The first-order chi connectivity index (χ1) is 14.1. The third-order valence-electron chi connectivity index (χ3n) is 4.14. The number of aromatic nitrogens is 2. The van der Waals surface area contributed by atoms with Gasteiger partial charge in [-0.3, -0.25) is 10.1 Å². The number of amides is 1. The van der Waals surface area contributed by atoms with Crippen LogP contribution in [-0.2, 0) is 6.42 Å². The molecule has 2 aromatic carbocycles. The number of hydrogen-bond acceptors (Lipinski definition) is 8.